The lowest BCUT2D eigenvalue weighted by Gasteiger charge is -2.01. The maximum Gasteiger partial charge on any atom is 0.132 e. The third-order valence-corrected chi connectivity index (χ3v) is 4.97. The lowest BCUT2D eigenvalue weighted by atomic mass is 10.2. The Labute approximate surface area is 164 Å². The first-order chi connectivity index (χ1) is 13.3. The summed E-state index contributed by atoms with van der Waals surface area (Å²) in [5.41, 5.74) is 4.74. The molecule has 4 heteroatoms. The van der Waals surface area contributed by atoms with Crippen molar-refractivity contribution < 1.29 is 0 Å². The zero-order valence-corrected chi connectivity index (χ0v) is 16.0. The van der Waals surface area contributed by atoms with Crippen molar-refractivity contribution in [1.82, 2.24) is 15.0 Å². The van der Waals surface area contributed by atoms with Crippen molar-refractivity contribution in [2.75, 3.05) is 0 Å². The van der Waals surface area contributed by atoms with Gasteiger partial charge in [-0.2, -0.15) is 11.8 Å². The van der Waals surface area contributed by atoms with Gasteiger partial charge in [-0.15, -0.1) is 6.58 Å². The van der Waals surface area contributed by atoms with Crippen LogP contribution in [0, 0.1) is 0 Å². The lowest BCUT2D eigenvalue weighted by Crippen LogP contribution is -1.91. The quantitative estimate of drug-likeness (QED) is 0.434. The van der Waals surface area contributed by atoms with Crippen molar-refractivity contribution in [2.45, 2.75) is 17.9 Å². The van der Waals surface area contributed by atoms with Crippen molar-refractivity contribution in [3.05, 3.63) is 109 Å². The average Bonchev–Trinajstić information content (AvgIpc) is 3.18. The Kier molecular flexibility index (Phi) is 7.25. The lowest BCUT2D eigenvalue weighted by molar-refractivity contribution is 1.02. The van der Waals surface area contributed by atoms with Crippen molar-refractivity contribution in [1.29, 1.82) is 0 Å². The Morgan fingerprint density at radius 3 is 2.11 bits per heavy atom. The van der Waals surface area contributed by atoms with Crippen LogP contribution in [0.1, 0.15) is 17.0 Å². The first kappa shape index (κ1) is 18.9. The molecule has 4 rings (SSSR count). The van der Waals surface area contributed by atoms with E-state index in [4.69, 9.17) is 0 Å². The minimum atomic E-state index is 0.723. The largest absolute Gasteiger partial charge is 0.359 e. The number of nitrogens with one attached hydrogen (secondary N) is 1. The molecule has 0 atom stereocenters. The number of rotatable bonds is 6. The molecule has 0 saturated carbocycles. The summed E-state index contributed by atoms with van der Waals surface area (Å²) in [6, 6.07) is 23.2. The SMILES string of the molecule is C=CCc1ncc2[nH]ccc2n1.c1ccc(CSCc2ccccc2)cc1. The van der Waals surface area contributed by atoms with Gasteiger partial charge in [0.2, 0.25) is 0 Å². The molecule has 4 aromatic rings. The van der Waals surface area contributed by atoms with Crippen LogP contribution >= 0.6 is 11.8 Å². The number of hydrogen-bond donors (Lipinski definition) is 1. The number of thioether (sulfide) groups is 1. The zero-order chi connectivity index (χ0) is 18.7. The van der Waals surface area contributed by atoms with Crippen molar-refractivity contribution in [2.24, 2.45) is 0 Å². The highest BCUT2D eigenvalue weighted by Gasteiger charge is 1.97. The van der Waals surface area contributed by atoms with Gasteiger partial charge in [0.05, 0.1) is 17.2 Å². The molecule has 0 fully saturated rings. The number of fused-ring (bicyclic) bond motifs is 1. The minimum absolute atomic E-state index is 0.723. The molecule has 0 saturated heterocycles. The maximum atomic E-state index is 4.31. The van der Waals surface area contributed by atoms with Gasteiger partial charge in [0.25, 0.3) is 0 Å². The van der Waals surface area contributed by atoms with Gasteiger partial charge in [-0.25, -0.2) is 9.97 Å². The Morgan fingerprint density at radius 1 is 0.889 bits per heavy atom. The van der Waals surface area contributed by atoms with E-state index in [0.29, 0.717) is 0 Å². The van der Waals surface area contributed by atoms with Gasteiger partial charge in [0, 0.05) is 24.1 Å². The van der Waals surface area contributed by atoms with Gasteiger partial charge in [0.1, 0.15) is 5.82 Å². The molecule has 136 valence electrons. The normalized spacial score (nSPS) is 10.2. The van der Waals surface area contributed by atoms with E-state index >= 15 is 0 Å². The van der Waals surface area contributed by atoms with Crippen LogP contribution in [0.5, 0.6) is 0 Å². The summed E-state index contributed by atoms with van der Waals surface area (Å²) < 4.78 is 0. The molecule has 2 heterocycles. The van der Waals surface area contributed by atoms with Gasteiger partial charge in [-0.3, -0.25) is 0 Å². The summed E-state index contributed by atoms with van der Waals surface area (Å²) in [4.78, 5) is 11.5. The standard InChI is InChI=1S/C14H14S.C9H9N3/c1-3-7-13(8-4-1)11-15-12-14-9-5-2-6-10-14;1-2-3-9-11-6-8-7(12-9)4-5-10-8/h1-10H,11-12H2;2,4-6,10H,1,3H2. The Bertz CT molecular complexity index is 909. The van der Waals surface area contributed by atoms with Crippen LogP contribution < -0.4 is 0 Å². The Balaban J connectivity index is 0.000000159. The second-order valence-corrected chi connectivity index (χ2v) is 7.01. The fourth-order valence-corrected chi connectivity index (χ4v) is 3.50. The van der Waals surface area contributed by atoms with Crippen LogP contribution in [0.4, 0.5) is 0 Å². The molecule has 2 aromatic carbocycles. The first-order valence-electron chi connectivity index (χ1n) is 8.90. The highest BCUT2D eigenvalue weighted by Crippen LogP contribution is 2.17. The van der Waals surface area contributed by atoms with Gasteiger partial charge >= 0.3 is 0 Å². The topological polar surface area (TPSA) is 41.6 Å². The van der Waals surface area contributed by atoms with Gasteiger partial charge in [-0.1, -0.05) is 66.7 Å². The molecule has 2 aromatic heterocycles. The van der Waals surface area contributed by atoms with Crippen molar-refractivity contribution in [3.8, 4) is 0 Å². The summed E-state index contributed by atoms with van der Waals surface area (Å²) in [5, 5.41) is 0. The number of H-pyrrole nitrogens is 1. The van der Waals surface area contributed by atoms with Gasteiger partial charge in [0.15, 0.2) is 0 Å². The van der Waals surface area contributed by atoms with E-state index in [9.17, 15) is 0 Å². The fraction of sp³-hybridized carbons (Fsp3) is 0.130. The van der Waals surface area contributed by atoms with Gasteiger partial charge < -0.3 is 4.98 Å². The van der Waals surface area contributed by atoms with Crippen LogP contribution in [-0.4, -0.2) is 15.0 Å². The van der Waals surface area contributed by atoms with E-state index in [0.717, 1.165) is 34.8 Å². The molecular formula is C23H23N3S. The number of aromatic nitrogens is 3. The summed E-state index contributed by atoms with van der Waals surface area (Å²) in [5.74, 6) is 3.00. The summed E-state index contributed by atoms with van der Waals surface area (Å²) in [7, 11) is 0. The van der Waals surface area contributed by atoms with E-state index in [-0.39, 0.29) is 0 Å². The highest BCUT2D eigenvalue weighted by atomic mass is 32.2. The van der Waals surface area contributed by atoms with E-state index in [1.807, 2.05) is 24.0 Å². The highest BCUT2D eigenvalue weighted by molar-refractivity contribution is 7.97. The van der Waals surface area contributed by atoms with E-state index in [2.05, 4.69) is 82.2 Å². The monoisotopic (exact) mass is 373 g/mol. The molecular weight excluding hydrogens is 350 g/mol. The predicted octanol–water partition coefficient (Wildman–Crippen LogP) is 5.81. The summed E-state index contributed by atoms with van der Waals surface area (Å²) >= 11 is 1.96. The molecule has 1 N–H and O–H groups in total. The number of benzene rings is 2. The van der Waals surface area contributed by atoms with Gasteiger partial charge in [-0.05, 0) is 17.2 Å². The summed E-state index contributed by atoms with van der Waals surface area (Å²) in [6.45, 7) is 3.64. The molecule has 0 radical (unpaired) electrons. The van der Waals surface area contributed by atoms with Crippen molar-refractivity contribution >= 4 is 22.8 Å². The fourth-order valence-electron chi connectivity index (χ4n) is 2.54. The Hall–Kier alpha value is -2.85. The molecule has 0 amide bonds. The Morgan fingerprint density at radius 2 is 1.52 bits per heavy atom. The van der Waals surface area contributed by atoms with E-state index in [1.165, 1.54) is 11.1 Å². The number of nitrogens with zero attached hydrogens (tertiary/aromatic N) is 2. The third-order valence-electron chi connectivity index (χ3n) is 3.90. The molecule has 0 bridgehead atoms. The van der Waals surface area contributed by atoms with Crippen LogP contribution in [0.15, 0.2) is 91.8 Å². The molecule has 0 aliphatic rings. The zero-order valence-electron chi connectivity index (χ0n) is 15.2. The maximum absolute atomic E-state index is 4.31. The molecule has 0 unspecified atom stereocenters. The molecule has 27 heavy (non-hydrogen) atoms. The minimum Gasteiger partial charge on any atom is -0.359 e. The first-order valence-corrected chi connectivity index (χ1v) is 10.1. The molecule has 0 spiro atoms. The number of aromatic amines is 1. The third kappa shape index (κ3) is 6.12. The number of allylic oxidation sites excluding steroid dienone is 1. The second kappa shape index (κ2) is 10.3. The number of hydrogen-bond acceptors (Lipinski definition) is 3. The van der Waals surface area contributed by atoms with Crippen LogP contribution in [-0.2, 0) is 17.9 Å². The van der Waals surface area contributed by atoms with E-state index < -0.39 is 0 Å². The summed E-state index contributed by atoms with van der Waals surface area (Å²) in [6.07, 6.45) is 6.17. The average molecular weight is 374 g/mol. The van der Waals surface area contributed by atoms with Crippen LogP contribution in [0.2, 0.25) is 0 Å². The predicted molar refractivity (Wildman–Crippen MR) is 116 cm³/mol. The van der Waals surface area contributed by atoms with Crippen molar-refractivity contribution in [3.63, 3.8) is 0 Å². The molecule has 3 nitrogen and oxygen atoms in total. The van der Waals surface area contributed by atoms with Crippen LogP contribution in [0.25, 0.3) is 11.0 Å². The molecule has 0 aliphatic carbocycles. The molecule has 0 aliphatic heterocycles. The van der Waals surface area contributed by atoms with E-state index in [1.54, 1.807) is 12.3 Å². The van der Waals surface area contributed by atoms with Crippen LogP contribution in [0.3, 0.4) is 0 Å². The second-order valence-electron chi connectivity index (χ2n) is 6.02. The smallest absolute Gasteiger partial charge is 0.132 e.